The fraction of sp³-hybridized carbons (Fsp3) is 0.222. The Morgan fingerprint density at radius 2 is 2.10 bits per heavy atom. The number of anilines is 1. The second-order valence-electron chi connectivity index (χ2n) is 5.94. The number of nitriles is 1. The van der Waals surface area contributed by atoms with E-state index in [4.69, 9.17) is 15.5 Å². The average molecular weight is 436 g/mol. The van der Waals surface area contributed by atoms with Crippen molar-refractivity contribution < 1.29 is 22.4 Å². The van der Waals surface area contributed by atoms with E-state index in [1.807, 2.05) is 6.07 Å². The quantitative estimate of drug-likeness (QED) is 0.446. The molecule has 0 radical (unpaired) electrons. The van der Waals surface area contributed by atoms with Gasteiger partial charge in [0.05, 0.1) is 30.1 Å². The number of rotatable bonds is 7. The van der Waals surface area contributed by atoms with E-state index in [9.17, 15) is 18.0 Å². The van der Waals surface area contributed by atoms with Crippen molar-refractivity contribution >= 4 is 23.4 Å². The lowest BCUT2D eigenvalue weighted by Crippen LogP contribution is -2.33. The number of hydrogen-bond acceptors (Lipinski definition) is 7. The van der Waals surface area contributed by atoms with Gasteiger partial charge in [-0.05, 0) is 30.3 Å². The van der Waals surface area contributed by atoms with Crippen LogP contribution in [0.5, 0.6) is 0 Å². The Labute approximate surface area is 173 Å². The molecular weight excluding hydrogens is 421 g/mol. The monoisotopic (exact) mass is 436 g/mol. The molecule has 0 aliphatic carbocycles. The van der Waals surface area contributed by atoms with E-state index in [1.54, 1.807) is 12.1 Å². The summed E-state index contributed by atoms with van der Waals surface area (Å²) in [5.74, 6) is 5.91. The molecule has 0 aliphatic rings. The second kappa shape index (κ2) is 8.91. The second-order valence-corrected chi connectivity index (χ2v) is 6.89. The van der Waals surface area contributed by atoms with Crippen LogP contribution in [0.4, 0.5) is 18.9 Å². The molecule has 2 N–H and O–H groups in total. The number of aromatic nitrogens is 3. The Balaban J connectivity index is 1.76. The summed E-state index contributed by atoms with van der Waals surface area (Å²) in [5.41, 5.74) is -0.830. The zero-order valence-corrected chi connectivity index (χ0v) is 16.2. The molecule has 0 fully saturated rings. The summed E-state index contributed by atoms with van der Waals surface area (Å²) in [7, 11) is 0. The molecule has 2 heterocycles. The van der Waals surface area contributed by atoms with Crippen molar-refractivity contribution in [1.29, 1.82) is 5.26 Å². The first kappa shape index (κ1) is 21.3. The standard InChI is InChI=1S/C18H15F3N6O2S/c19-18(20,21)12-4-1-5-13(10-12)26(8-3-7-22)15(28)11-30-17-25-24-16(27(17)23)14-6-2-9-29-14/h1-2,4-6,9-10H,3,8,11,23H2. The van der Waals surface area contributed by atoms with Crippen molar-refractivity contribution in [2.45, 2.75) is 17.8 Å². The summed E-state index contributed by atoms with van der Waals surface area (Å²) in [5, 5.41) is 16.9. The van der Waals surface area contributed by atoms with E-state index in [2.05, 4.69) is 10.2 Å². The first-order chi connectivity index (χ1) is 14.3. The fourth-order valence-corrected chi connectivity index (χ4v) is 3.30. The number of nitrogens with two attached hydrogens (primary N) is 1. The zero-order valence-electron chi connectivity index (χ0n) is 15.3. The smallest absolute Gasteiger partial charge is 0.416 e. The number of alkyl halides is 3. The highest BCUT2D eigenvalue weighted by Crippen LogP contribution is 2.32. The molecule has 12 heteroatoms. The van der Waals surface area contributed by atoms with Crippen LogP contribution in [0.25, 0.3) is 11.6 Å². The van der Waals surface area contributed by atoms with E-state index >= 15 is 0 Å². The van der Waals surface area contributed by atoms with Crippen LogP contribution in [0.2, 0.25) is 0 Å². The van der Waals surface area contributed by atoms with Gasteiger partial charge in [0.15, 0.2) is 5.76 Å². The molecule has 156 valence electrons. The minimum atomic E-state index is -4.55. The Morgan fingerprint density at radius 1 is 1.30 bits per heavy atom. The van der Waals surface area contributed by atoms with Gasteiger partial charge in [-0.15, -0.1) is 10.2 Å². The molecule has 2 aromatic heterocycles. The highest BCUT2D eigenvalue weighted by molar-refractivity contribution is 7.99. The van der Waals surface area contributed by atoms with Crippen LogP contribution >= 0.6 is 11.8 Å². The number of furan rings is 1. The number of benzene rings is 1. The van der Waals surface area contributed by atoms with Gasteiger partial charge in [-0.25, -0.2) is 4.68 Å². The molecule has 8 nitrogen and oxygen atoms in total. The van der Waals surface area contributed by atoms with Crippen LogP contribution in [0.15, 0.2) is 52.2 Å². The predicted molar refractivity (Wildman–Crippen MR) is 103 cm³/mol. The highest BCUT2D eigenvalue weighted by atomic mass is 32.2. The molecule has 0 aliphatic heterocycles. The minimum Gasteiger partial charge on any atom is -0.461 e. The van der Waals surface area contributed by atoms with E-state index in [1.165, 1.54) is 18.4 Å². The Morgan fingerprint density at radius 3 is 2.77 bits per heavy atom. The van der Waals surface area contributed by atoms with E-state index in [0.29, 0.717) is 5.76 Å². The van der Waals surface area contributed by atoms with Crippen molar-refractivity contribution in [3.63, 3.8) is 0 Å². The molecule has 30 heavy (non-hydrogen) atoms. The number of nitrogens with zero attached hydrogens (tertiary/aromatic N) is 5. The number of carbonyl (C=O) groups is 1. The predicted octanol–water partition coefficient (Wildman–Crippen LogP) is 3.31. The van der Waals surface area contributed by atoms with Crippen LogP contribution in [0, 0.1) is 11.3 Å². The molecule has 0 atom stereocenters. The summed E-state index contributed by atoms with van der Waals surface area (Å²) in [4.78, 5) is 13.9. The molecule has 3 aromatic rings. The van der Waals surface area contributed by atoms with Gasteiger partial charge in [0.2, 0.25) is 16.9 Å². The van der Waals surface area contributed by atoms with Gasteiger partial charge in [0.1, 0.15) is 0 Å². The summed E-state index contributed by atoms with van der Waals surface area (Å²) in [6.07, 6.45) is -3.14. The number of nitrogen functional groups attached to an aromatic ring is 1. The maximum absolute atomic E-state index is 13.0. The molecule has 0 saturated carbocycles. The van der Waals surface area contributed by atoms with Crippen LogP contribution in [0.3, 0.4) is 0 Å². The molecule has 3 rings (SSSR count). The first-order valence-corrected chi connectivity index (χ1v) is 9.51. The topological polar surface area (TPSA) is 114 Å². The molecule has 0 saturated heterocycles. The normalized spacial score (nSPS) is 11.3. The van der Waals surface area contributed by atoms with E-state index in [0.717, 1.165) is 33.5 Å². The molecule has 1 amide bonds. The largest absolute Gasteiger partial charge is 0.461 e. The van der Waals surface area contributed by atoms with Crippen LogP contribution in [0.1, 0.15) is 12.0 Å². The Hall–Kier alpha value is -3.46. The summed E-state index contributed by atoms with van der Waals surface area (Å²) < 4.78 is 45.4. The molecular formula is C18H15F3N6O2S. The van der Waals surface area contributed by atoms with Gasteiger partial charge in [0, 0.05) is 12.2 Å². The van der Waals surface area contributed by atoms with Gasteiger partial charge in [-0.3, -0.25) is 4.79 Å². The van der Waals surface area contributed by atoms with Crippen LogP contribution in [-0.4, -0.2) is 33.1 Å². The van der Waals surface area contributed by atoms with Gasteiger partial charge in [-0.1, -0.05) is 17.8 Å². The maximum atomic E-state index is 13.0. The number of hydrogen-bond donors (Lipinski definition) is 1. The minimum absolute atomic E-state index is 0.0393. The zero-order chi connectivity index (χ0) is 21.7. The third-order valence-electron chi connectivity index (χ3n) is 3.96. The highest BCUT2D eigenvalue weighted by Gasteiger charge is 2.31. The van der Waals surface area contributed by atoms with Crippen LogP contribution in [-0.2, 0) is 11.0 Å². The van der Waals surface area contributed by atoms with Gasteiger partial charge in [0.25, 0.3) is 0 Å². The van der Waals surface area contributed by atoms with Crippen LogP contribution < -0.4 is 10.7 Å². The van der Waals surface area contributed by atoms with E-state index < -0.39 is 17.6 Å². The third-order valence-corrected chi connectivity index (χ3v) is 4.89. The number of halogens is 3. The van der Waals surface area contributed by atoms with Crippen molar-refractivity contribution in [2.24, 2.45) is 0 Å². The maximum Gasteiger partial charge on any atom is 0.416 e. The molecule has 1 aromatic carbocycles. The first-order valence-electron chi connectivity index (χ1n) is 8.53. The van der Waals surface area contributed by atoms with Crippen molar-refractivity contribution in [3.05, 3.63) is 48.2 Å². The SMILES string of the molecule is N#CCCN(C(=O)CSc1nnc(-c2ccco2)n1N)c1cccc(C(F)(F)F)c1. The Bertz CT molecular complexity index is 1060. The van der Waals surface area contributed by atoms with Crippen molar-refractivity contribution in [3.8, 4) is 17.7 Å². The lowest BCUT2D eigenvalue weighted by atomic mass is 10.1. The number of amides is 1. The van der Waals surface area contributed by atoms with Crippen molar-refractivity contribution in [2.75, 3.05) is 23.0 Å². The molecule has 0 bridgehead atoms. The van der Waals surface area contributed by atoms with Gasteiger partial charge >= 0.3 is 6.18 Å². The fourth-order valence-electron chi connectivity index (χ4n) is 2.56. The lowest BCUT2D eigenvalue weighted by Gasteiger charge is -2.22. The number of thioether (sulfide) groups is 1. The number of carbonyl (C=O) groups excluding carboxylic acids is 1. The average Bonchev–Trinajstić information content (AvgIpc) is 3.36. The van der Waals surface area contributed by atoms with Gasteiger partial charge < -0.3 is 15.2 Å². The molecule has 0 unspecified atom stereocenters. The third kappa shape index (κ3) is 4.74. The Kier molecular flexibility index (Phi) is 6.31. The lowest BCUT2D eigenvalue weighted by molar-refractivity contribution is -0.137. The molecule has 0 spiro atoms. The van der Waals surface area contributed by atoms with Crippen molar-refractivity contribution in [1.82, 2.24) is 14.9 Å². The summed E-state index contributed by atoms with van der Waals surface area (Å²) in [6, 6.07) is 9.58. The summed E-state index contributed by atoms with van der Waals surface area (Å²) in [6.45, 7) is -0.0514. The van der Waals surface area contributed by atoms with E-state index in [-0.39, 0.29) is 35.4 Å². The van der Waals surface area contributed by atoms with Gasteiger partial charge in [-0.2, -0.15) is 18.4 Å². The summed E-state index contributed by atoms with van der Waals surface area (Å²) >= 11 is 0.966.